The van der Waals surface area contributed by atoms with E-state index in [1.165, 1.54) is 0 Å². The maximum atomic E-state index is 10.3. The summed E-state index contributed by atoms with van der Waals surface area (Å²) in [5.74, 6) is 0.450. The molecule has 0 amide bonds. The lowest BCUT2D eigenvalue weighted by molar-refractivity contribution is 0.180. The molecule has 0 radical (unpaired) electrons. The Morgan fingerprint density at radius 1 is 1.83 bits per heavy atom. The van der Waals surface area contributed by atoms with Gasteiger partial charge in [-0.2, -0.15) is 0 Å². The summed E-state index contributed by atoms with van der Waals surface area (Å²) in [5, 5.41) is 0. The lowest BCUT2D eigenvalue weighted by Crippen LogP contribution is -2.09. The summed E-state index contributed by atoms with van der Waals surface area (Å²) < 4.78 is 4.68. The molecule has 1 rings (SSSR count). The minimum atomic E-state index is -0.738. The van der Waals surface area contributed by atoms with E-state index in [4.69, 9.17) is 11.6 Å². The number of ether oxygens (including phenoxy) is 1. The van der Waals surface area contributed by atoms with Crippen LogP contribution in [0.3, 0.4) is 0 Å². The minimum Gasteiger partial charge on any atom is -0.449 e. The summed E-state index contributed by atoms with van der Waals surface area (Å²) in [5.41, 5.74) is 0.379. The van der Waals surface area contributed by atoms with Crippen molar-refractivity contribution in [3.63, 3.8) is 0 Å². The van der Waals surface area contributed by atoms with Crippen LogP contribution in [-0.2, 0) is 4.74 Å². The van der Waals surface area contributed by atoms with E-state index in [0.29, 0.717) is 12.5 Å². The Morgan fingerprint density at radius 2 is 2.58 bits per heavy atom. The molecule has 0 aromatic heterocycles. The third-order valence-corrected chi connectivity index (χ3v) is 2.03. The molecule has 0 aromatic rings. The van der Waals surface area contributed by atoms with Crippen molar-refractivity contribution in [1.82, 2.24) is 0 Å². The van der Waals surface area contributed by atoms with Crippen molar-refractivity contribution in [1.29, 1.82) is 0 Å². The summed E-state index contributed by atoms with van der Waals surface area (Å²) in [7, 11) is 0. The first-order valence-electron chi connectivity index (χ1n) is 3.88. The third kappa shape index (κ3) is 2.70. The van der Waals surface area contributed by atoms with Crippen LogP contribution in [0.4, 0.5) is 4.79 Å². The first-order valence-corrected chi connectivity index (χ1v) is 4.26. The molecule has 0 aliphatic heterocycles. The van der Waals surface area contributed by atoms with E-state index in [9.17, 15) is 4.79 Å². The summed E-state index contributed by atoms with van der Waals surface area (Å²) >= 11 is 5.04. The maximum Gasteiger partial charge on any atom is 0.404 e. The molecule has 0 aromatic carbocycles. The molecule has 0 N–H and O–H groups in total. The number of halogens is 1. The average molecular weight is 187 g/mol. The highest BCUT2D eigenvalue weighted by molar-refractivity contribution is 6.61. The van der Waals surface area contributed by atoms with Gasteiger partial charge < -0.3 is 4.74 Å². The van der Waals surface area contributed by atoms with Crippen LogP contribution in [0.15, 0.2) is 23.8 Å². The van der Waals surface area contributed by atoms with Gasteiger partial charge in [-0.15, -0.1) is 0 Å². The number of carbonyl (C=O) groups excluding carboxylic acids is 1. The van der Waals surface area contributed by atoms with Gasteiger partial charge in [0.15, 0.2) is 0 Å². The summed E-state index contributed by atoms with van der Waals surface area (Å²) in [4.78, 5) is 10.3. The van der Waals surface area contributed by atoms with Crippen LogP contribution < -0.4 is 0 Å². The van der Waals surface area contributed by atoms with Gasteiger partial charge in [0, 0.05) is 11.6 Å². The zero-order valence-corrected chi connectivity index (χ0v) is 7.67. The highest BCUT2D eigenvalue weighted by Crippen LogP contribution is 2.19. The van der Waals surface area contributed by atoms with Crippen LogP contribution >= 0.6 is 11.6 Å². The van der Waals surface area contributed by atoms with Crippen LogP contribution in [-0.4, -0.2) is 12.0 Å². The van der Waals surface area contributed by atoms with Crippen LogP contribution in [0.5, 0.6) is 0 Å². The Bertz CT molecular complexity index is 231. The van der Waals surface area contributed by atoms with Crippen LogP contribution in [0.25, 0.3) is 0 Å². The largest absolute Gasteiger partial charge is 0.449 e. The van der Waals surface area contributed by atoms with Crippen molar-refractivity contribution < 1.29 is 9.53 Å². The highest BCUT2D eigenvalue weighted by atomic mass is 35.5. The quantitative estimate of drug-likeness (QED) is 0.620. The van der Waals surface area contributed by atoms with Gasteiger partial charge in [-0.1, -0.05) is 25.2 Å². The Kier molecular flexibility index (Phi) is 3.35. The number of rotatable bonds is 2. The van der Waals surface area contributed by atoms with Gasteiger partial charge in [-0.25, -0.2) is 4.79 Å². The van der Waals surface area contributed by atoms with E-state index < -0.39 is 5.43 Å². The summed E-state index contributed by atoms with van der Waals surface area (Å²) in [6, 6.07) is 0. The van der Waals surface area contributed by atoms with Crippen LogP contribution in [0, 0.1) is 5.92 Å². The maximum absolute atomic E-state index is 10.3. The normalized spacial score (nSPS) is 21.8. The third-order valence-electron chi connectivity index (χ3n) is 1.92. The molecular formula is C9H11ClO2. The minimum absolute atomic E-state index is 0.313. The smallest absolute Gasteiger partial charge is 0.404 e. The van der Waals surface area contributed by atoms with Gasteiger partial charge in [0.1, 0.15) is 6.61 Å². The van der Waals surface area contributed by atoms with E-state index in [1.54, 1.807) is 0 Å². The van der Waals surface area contributed by atoms with E-state index >= 15 is 0 Å². The van der Waals surface area contributed by atoms with Gasteiger partial charge in [0.2, 0.25) is 0 Å². The first-order chi connectivity index (χ1) is 5.70. The topological polar surface area (TPSA) is 26.3 Å². The second-order valence-corrected chi connectivity index (χ2v) is 3.14. The molecule has 0 bridgehead atoms. The van der Waals surface area contributed by atoms with Gasteiger partial charge in [-0.05, 0) is 17.9 Å². The molecule has 1 atom stereocenters. The second kappa shape index (κ2) is 4.31. The predicted molar refractivity (Wildman–Crippen MR) is 48.2 cm³/mol. The van der Waals surface area contributed by atoms with Gasteiger partial charge in [-0.3, -0.25) is 0 Å². The molecule has 2 nitrogen and oxygen atoms in total. The fourth-order valence-electron chi connectivity index (χ4n) is 1.12. The fraction of sp³-hybridized carbons (Fsp3) is 0.444. The molecule has 12 heavy (non-hydrogen) atoms. The van der Waals surface area contributed by atoms with E-state index in [-0.39, 0.29) is 0 Å². The Hall–Kier alpha value is -0.760. The molecule has 0 fully saturated rings. The lowest BCUT2D eigenvalue weighted by Gasteiger charge is -2.15. The van der Waals surface area contributed by atoms with Gasteiger partial charge >= 0.3 is 5.43 Å². The average Bonchev–Trinajstić information content (AvgIpc) is 2.03. The Balaban J connectivity index is 2.44. The molecule has 0 saturated carbocycles. The number of hydrogen-bond acceptors (Lipinski definition) is 2. The summed E-state index contributed by atoms with van der Waals surface area (Å²) in [6.07, 6.45) is 7.04. The van der Waals surface area contributed by atoms with Crippen LogP contribution in [0.1, 0.15) is 13.3 Å². The predicted octanol–water partition coefficient (Wildman–Crippen LogP) is 2.88. The number of hydrogen-bond donors (Lipinski definition) is 0. The van der Waals surface area contributed by atoms with Crippen molar-refractivity contribution in [2.45, 2.75) is 13.3 Å². The van der Waals surface area contributed by atoms with E-state index in [2.05, 4.69) is 17.7 Å². The molecule has 1 aliphatic carbocycles. The van der Waals surface area contributed by atoms with Gasteiger partial charge in [0.25, 0.3) is 0 Å². The Labute approximate surface area is 76.9 Å². The molecule has 0 heterocycles. The molecular weight excluding hydrogens is 176 g/mol. The molecule has 66 valence electrons. The van der Waals surface area contributed by atoms with Crippen molar-refractivity contribution in [3.8, 4) is 0 Å². The van der Waals surface area contributed by atoms with Crippen molar-refractivity contribution >= 4 is 17.0 Å². The van der Waals surface area contributed by atoms with E-state index in [0.717, 1.165) is 12.0 Å². The standard InChI is InChI=1S/C9H11ClO2/c1-7-4-2-3-5-8(7)6-12-9(10)11/h2-3,5,7H,4,6H2,1H3. The van der Waals surface area contributed by atoms with Crippen molar-refractivity contribution in [2.75, 3.05) is 6.61 Å². The van der Waals surface area contributed by atoms with Gasteiger partial charge in [0.05, 0.1) is 0 Å². The zero-order valence-electron chi connectivity index (χ0n) is 6.92. The molecule has 3 heteroatoms. The number of allylic oxidation sites excluding steroid dienone is 3. The zero-order chi connectivity index (χ0) is 8.97. The SMILES string of the molecule is CC1CC=CC=C1COC(=O)Cl. The fourth-order valence-corrected chi connectivity index (χ4v) is 1.17. The molecule has 0 spiro atoms. The molecule has 1 aliphatic rings. The summed E-state index contributed by atoms with van der Waals surface area (Å²) in [6.45, 7) is 2.41. The molecule has 1 unspecified atom stereocenters. The van der Waals surface area contributed by atoms with E-state index in [1.807, 2.05) is 12.2 Å². The monoisotopic (exact) mass is 186 g/mol. The second-order valence-electron chi connectivity index (χ2n) is 2.83. The number of carbonyl (C=O) groups is 1. The first kappa shape index (κ1) is 9.33. The highest BCUT2D eigenvalue weighted by Gasteiger charge is 2.10. The van der Waals surface area contributed by atoms with Crippen molar-refractivity contribution in [2.24, 2.45) is 5.92 Å². The lowest BCUT2D eigenvalue weighted by atomic mass is 9.94. The Morgan fingerprint density at radius 3 is 3.17 bits per heavy atom. The van der Waals surface area contributed by atoms with Crippen molar-refractivity contribution in [3.05, 3.63) is 23.8 Å². The van der Waals surface area contributed by atoms with Crippen LogP contribution in [0.2, 0.25) is 0 Å². The molecule has 0 saturated heterocycles.